The number of phenolic OH excluding ortho intramolecular Hbond substituents is 1. The Labute approximate surface area is 220 Å². The van der Waals surface area contributed by atoms with Gasteiger partial charge < -0.3 is 5.11 Å². The second-order valence-corrected chi connectivity index (χ2v) is 13.3. The van der Waals surface area contributed by atoms with Crippen molar-refractivity contribution in [1.82, 2.24) is 4.90 Å². The molecule has 192 valence electrons. The van der Waals surface area contributed by atoms with E-state index in [1.807, 2.05) is 53.4 Å². The number of rotatable bonds is 3. The lowest BCUT2D eigenvalue weighted by molar-refractivity contribution is -0.124. The highest BCUT2D eigenvalue weighted by Crippen LogP contribution is 2.43. The van der Waals surface area contributed by atoms with Crippen molar-refractivity contribution in [3.63, 3.8) is 0 Å². The average Bonchev–Trinajstić information content (AvgIpc) is 3.08. The molecule has 2 fully saturated rings. The van der Waals surface area contributed by atoms with Crippen LogP contribution in [-0.2, 0) is 15.6 Å². The van der Waals surface area contributed by atoms with E-state index < -0.39 is 0 Å². The number of hydrogen-bond acceptors (Lipinski definition) is 4. The number of hydrogen-bond donors (Lipinski definition) is 1. The minimum atomic E-state index is -0.227. The molecule has 1 amide bonds. The molecule has 1 heterocycles. The first-order valence-corrected chi connectivity index (χ1v) is 13.9. The van der Waals surface area contributed by atoms with Crippen molar-refractivity contribution in [2.24, 2.45) is 10.9 Å². The molecule has 0 aromatic heterocycles. The highest BCUT2D eigenvalue weighted by Gasteiger charge is 2.41. The summed E-state index contributed by atoms with van der Waals surface area (Å²) in [7, 11) is 0. The van der Waals surface area contributed by atoms with Gasteiger partial charge in [0.05, 0.1) is 10.6 Å². The van der Waals surface area contributed by atoms with Crippen LogP contribution >= 0.6 is 11.8 Å². The van der Waals surface area contributed by atoms with Gasteiger partial charge in [-0.05, 0) is 77.3 Å². The number of aliphatic imine (C=N–C) groups is 1. The maximum absolute atomic E-state index is 13.9. The van der Waals surface area contributed by atoms with E-state index in [4.69, 9.17) is 4.99 Å². The van der Waals surface area contributed by atoms with Crippen LogP contribution in [0.25, 0.3) is 6.08 Å². The Hall–Kier alpha value is -2.53. The number of aromatic hydroxyl groups is 1. The van der Waals surface area contributed by atoms with Gasteiger partial charge in [-0.25, -0.2) is 4.99 Å². The zero-order valence-electron chi connectivity index (χ0n) is 22.8. The van der Waals surface area contributed by atoms with Crippen molar-refractivity contribution in [2.45, 2.75) is 91.0 Å². The van der Waals surface area contributed by atoms with Crippen LogP contribution in [0.4, 0.5) is 5.69 Å². The number of amidine groups is 1. The molecule has 36 heavy (non-hydrogen) atoms. The van der Waals surface area contributed by atoms with Crippen LogP contribution in [0.15, 0.2) is 52.4 Å². The van der Waals surface area contributed by atoms with Gasteiger partial charge >= 0.3 is 0 Å². The molecule has 0 spiro atoms. The number of nitrogens with zero attached hydrogens (tertiary/aromatic N) is 2. The lowest BCUT2D eigenvalue weighted by Crippen LogP contribution is -2.44. The lowest BCUT2D eigenvalue weighted by atomic mass is 9.78. The van der Waals surface area contributed by atoms with Crippen molar-refractivity contribution in [1.29, 1.82) is 0 Å². The molecule has 5 heteroatoms. The first kappa shape index (κ1) is 26.5. The summed E-state index contributed by atoms with van der Waals surface area (Å²) in [4.78, 5) is 21.5. The maximum Gasteiger partial charge on any atom is 0.267 e. The number of thioether (sulfide) groups is 1. The van der Waals surface area contributed by atoms with E-state index >= 15 is 0 Å². The fourth-order valence-corrected chi connectivity index (χ4v) is 6.23. The second kappa shape index (κ2) is 10.1. The zero-order valence-corrected chi connectivity index (χ0v) is 23.6. The minimum absolute atomic E-state index is 0.0381. The van der Waals surface area contributed by atoms with Gasteiger partial charge in [0, 0.05) is 17.2 Å². The summed E-state index contributed by atoms with van der Waals surface area (Å²) in [5, 5.41) is 11.9. The first-order chi connectivity index (χ1) is 16.9. The Bertz CT molecular complexity index is 1150. The number of phenols is 1. The molecule has 0 unspecified atom stereocenters. The predicted octanol–water partition coefficient (Wildman–Crippen LogP) is 8.17. The molecule has 2 aromatic rings. The SMILES string of the molecule is C[C@@H]1CCCC[C@H]1N1C(=O)/C(=C/c2cc(C(C)(C)C)c(O)c(C(C)(C)C)c2)SC1=Nc1ccccc1. The number of carbonyl (C=O) groups is 1. The third-order valence-corrected chi connectivity index (χ3v) is 8.24. The summed E-state index contributed by atoms with van der Waals surface area (Å²) in [5.74, 6) is 0.833. The van der Waals surface area contributed by atoms with E-state index in [-0.39, 0.29) is 22.8 Å². The van der Waals surface area contributed by atoms with Crippen LogP contribution in [-0.4, -0.2) is 27.1 Å². The fraction of sp³-hybridized carbons (Fsp3) is 0.484. The molecule has 4 rings (SSSR count). The van der Waals surface area contributed by atoms with Crippen LogP contribution in [0.2, 0.25) is 0 Å². The topological polar surface area (TPSA) is 52.9 Å². The van der Waals surface area contributed by atoms with Crippen molar-refractivity contribution in [3.8, 4) is 5.75 Å². The van der Waals surface area contributed by atoms with Gasteiger partial charge in [0.1, 0.15) is 5.75 Å². The Balaban J connectivity index is 1.81. The van der Waals surface area contributed by atoms with Gasteiger partial charge in [-0.3, -0.25) is 9.69 Å². The van der Waals surface area contributed by atoms with Crippen molar-refractivity contribution in [2.75, 3.05) is 0 Å². The molecule has 0 bridgehead atoms. The van der Waals surface area contributed by atoms with E-state index in [9.17, 15) is 9.90 Å². The minimum Gasteiger partial charge on any atom is -0.507 e. The zero-order chi connectivity index (χ0) is 26.3. The Kier molecular flexibility index (Phi) is 7.43. The highest BCUT2D eigenvalue weighted by molar-refractivity contribution is 8.18. The Morgan fingerprint density at radius 3 is 2.11 bits per heavy atom. The molecule has 2 aromatic carbocycles. The molecule has 1 saturated heterocycles. The number of amides is 1. The summed E-state index contributed by atoms with van der Waals surface area (Å²) >= 11 is 1.47. The van der Waals surface area contributed by atoms with Crippen molar-refractivity contribution in [3.05, 3.63) is 64.1 Å². The van der Waals surface area contributed by atoms with Crippen LogP contribution < -0.4 is 0 Å². The van der Waals surface area contributed by atoms with Crippen molar-refractivity contribution >= 4 is 34.6 Å². The smallest absolute Gasteiger partial charge is 0.267 e. The van der Waals surface area contributed by atoms with Crippen LogP contribution in [0.3, 0.4) is 0 Å². The number of carbonyl (C=O) groups excluding carboxylic acids is 1. The quantitative estimate of drug-likeness (QED) is 0.429. The summed E-state index contributed by atoms with van der Waals surface area (Å²) in [6.07, 6.45) is 6.50. The summed E-state index contributed by atoms with van der Waals surface area (Å²) in [5.41, 5.74) is 3.14. The van der Waals surface area contributed by atoms with E-state index in [0.717, 1.165) is 46.8 Å². The van der Waals surface area contributed by atoms with Gasteiger partial charge in [-0.15, -0.1) is 0 Å². The molecule has 1 saturated carbocycles. The Morgan fingerprint density at radius 2 is 1.56 bits per heavy atom. The summed E-state index contributed by atoms with van der Waals surface area (Å²) < 4.78 is 0. The third-order valence-electron chi connectivity index (χ3n) is 7.26. The van der Waals surface area contributed by atoms with Gasteiger partial charge in [-0.2, -0.15) is 0 Å². The van der Waals surface area contributed by atoms with Crippen LogP contribution in [0.5, 0.6) is 5.75 Å². The molecule has 4 nitrogen and oxygen atoms in total. The largest absolute Gasteiger partial charge is 0.507 e. The third kappa shape index (κ3) is 5.56. The Morgan fingerprint density at radius 1 is 0.972 bits per heavy atom. The van der Waals surface area contributed by atoms with Crippen LogP contribution in [0.1, 0.15) is 90.8 Å². The van der Waals surface area contributed by atoms with Gasteiger partial charge in [-0.1, -0.05) is 79.5 Å². The molecule has 2 atom stereocenters. The van der Waals surface area contributed by atoms with E-state index in [1.165, 1.54) is 18.2 Å². The van der Waals surface area contributed by atoms with Gasteiger partial charge in [0.15, 0.2) is 5.17 Å². The maximum atomic E-state index is 13.9. The van der Waals surface area contributed by atoms with Crippen molar-refractivity contribution < 1.29 is 9.90 Å². The summed E-state index contributed by atoms with van der Waals surface area (Å²) in [6.45, 7) is 14.9. The van der Waals surface area contributed by atoms with E-state index in [1.54, 1.807) is 0 Å². The summed E-state index contributed by atoms with van der Waals surface area (Å²) in [6, 6.07) is 14.1. The number of benzene rings is 2. The van der Waals surface area contributed by atoms with Gasteiger partial charge in [0.25, 0.3) is 5.91 Å². The average molecular weight is 505 g/mol. The molecule has 2 aliphatic rings. The highest BCUT2D eigenvalue weighted by atomic mass is 32.2. The molecule has 1 N–H and O–H groups in total. The van der Waals surface area contributed by atoms with E-state index in [0.29, 0.717) is 16.6 Å². The molecule has 1 aliphatic heterocycles. The lowest BCUT2D eigenvalue weighted by Gasteiger charge is -2.35. The molecular weight excluding hydrogens is 464 g/mol. The number of para-hydroxylation sites is 1. The molecule has 0 radical (unpaired) electrons. The standard InChI is InChI=1S/C31H40N2O2S/c1-20-13-11-12-16-25(20)33-28(35)26(36-29(33)32-22-14-9-8-10-15-22)19-21-17-23(30(2,3)4)27(34)24(18-21)31(5,6)7/h8-10,14-15,17-20,25,34H,11-13,16H2,1-7H3/b26-19-,32-29?/t20-,25-/m1/s1. The predicted molar refractivity (Wildman–Crippen MR) is 153 cm³/mol. The molecular formula is C31H40N2O2S. The normalized spacial score (nSPS) is 23.6. The first-order valence-electron chi connectivity index (χ1n) is 13.1. The molecule has 1 aliphatic carbocycles. The van der Waals surface area contributed by atoms with Crippen LogP contribution in [0, 0.1) is 5.92 Å². The van der Waals surface area contributed by atoms with E-state index in [2.05, 4.69) is 48.5 Å². The monoisotopic (exact) mass is 504 g/mol. The van der Waals surface area contributed by atoms with Gasteiger partial charge in [0.2, 0.25) is 0 Å². The second-order valence-electron chi connectivity index (χ2n) is 12.3. The fourth-order valence-electron chi connectivity index (χ4n) is 5.19.